The van der Waals surface area contributed by atoms with Crippen LogP contribution in [-0.2, 0) is 25.8 Å². The van der Waals surface area contributed by atoms with Gasteiger partial charge in [-0.05, 0) is 68.9 Å². The van der Waals surface area contributed by atoms with Gasteiger partial charge in [-0.2, -0.15) is 5.10 Å². The van der Waals surface area contributed by atoms with Crippen LogP contribution in [0.4, 0.5) is 0 Å². The second kappa shape index (κ2) is 8.36. The molecule has 1 aliphatic carbocycles. The van der Waals surface area contributed by atoms with Crippen LogP contribution >= 0.6 is 0 Å². The minimum Gasteiger partial charge on any atom is -0.305 e. The maximum absolute atomic E-state index is 12.1. The first-order valence-corrected chi connectivity index (χ1v) is 10.3. The maximum Gasteiger partial charge on any atom is 0.267 e. The monoisotopic (exact) mass is 366 g/mol. The second-order valence-corrected chi connectivity index (χ2v) is 8.09. The number of aromatic amines is 1. The average molecular weight is 367 g/mol. The smallest absolute Gasteiger partial charge is 0.267 e. The summed E-state index contributed by atoms with van der Waals surface area (Å²) in [4.78, 5) is 17.0. The molecule has 4 rings (SSSR count). The SMILES string of the molecule is CN1CCCN(Cc2cccc(Cc3n[nH]c(=O)c4c3CCCC4)c2)CC1. The molecule has 0 bridgehead atoms. The molecule has 144 valence electrons. The lowest BCUT2D eigenvalue weighted by atomic mass is 9.90. The van der Waals surface area contributed by atoms with Crippen LogP contribution in [0.15, 0.2) is 29.1 Å². The number of benzene rings is 1. The van der Waals surface area contributed by atoms with Crippen LogP contribution in [-0.4, -0.2) is 53.2 Å². The highest BCUT2D eigenvalue weighted by molar-refractivity contribution is 5.35. The lowest BCUT2D eigenvalue weighted by molar-refractivity contribution is 0.269. The number of likely N-dealkylation sites (N-methyl/N-ethyl adjacent to an activating group) is 1. The minimum absolute atomic E-state index is 0.00772. The number of nitrogens with one attached hydrogen (secondary N) is 1. The molecule has 5 heteroatoms. The fraction of sp³-hybridized carbons (Fsp3) is 0.545. The van der Waals surface area contributed by atoms with E-state index < -0.39 is 0 Å². The number of rotatable bonds is 4. The second-order valence-electron chi connectivity index (χ2n) is 8.09. The van der Waals surface area contributed by atoms with Gasteiger partial charge in [0.15, 0.2) is 0 Å². The van der Waals surface area contributed by atoms with E-state index >= 15 is 0 Å². The zero-order valence-electron chi connectivity index (χ0n) is 16.3. The van der Waals surface area contributed by atoms with Crippen LogP contribution in [0.25, 0.3) is 0 Å². The van der Waals surface area contributed by atoms with Crippen molar-refractivity contribution in [3.8, 4) is 0 Å². The number of hydrogen-bond donors (Lipinski definition) is 1. The predicted octanol–water partition coefficient (Wildman–Crippen LogP) is 2.38. The van der Waals surface area contributed by atoms with Gasteiger partial charge in [0.25, 0.3) is 5.56 Å². The van der Waals surface area contributed by atoms with E-state index in [-0.39, 0.29) is 5.56 Å². The normalized spacial score (nSPS) is 18.9. The van der Waals surface area contributed by atoms with Gasteiger partial charge < -0.3 is 4.90 Å². The number of H-pyrrole nitrogens is 1. The molecule has 2 heterocycles. The van der Waals surface area contributed by atoms with Gasteiger partial charge in [-0.15, -0.1) is 0 Å². The van der Waals surface area contributed by atoms with Crippen molar-refractivity contribution < 1.29 is 0 Å². The molecule has 5 nitrogen and oxygen atoms in total. The molecule has 1 saturated heterocycles. The topological polar surface area (TPSA) is 52.2 Å². The quantitative estimate of drug-likeness (QED) is 0.903. The summed E-state index contributed by atoms with van der Waals surface area (Å²) in [5.74, 6) is 0. The van der Waals surface area contributed by atoms with E-state index in [9.17, 15) is 4.79 Å². The van der Waals surface area contributed by atoms with Crippen LogP contribution in [0, 0.1) is 0 Å². The molecule has 0 amide bonds. The van der Waals surface area contributed by atoms with Gasteiger partial charge in [0.2, 0.25) is 0 Å². The molecule has 0 radical (unpaired) electrons. The third-order valence-corrected chi connectivity index (χ3v) is 5.96. The van der Waals surface area contributed by atoms with Gasteiger partial charge >= 0.3 is 0 Å². The number of aromatic nitrogens is 2. The van der Waals surface area contributed by atoms with Gasteiger partial charge in [-0.25, -0.2) is 5.10 Å². The number of nitrogens with zero attached hydrogens (tertiary/aromatic N) is 3. The Morgan fingerprint density at radius 2 is 1.81 bits per heavy atom. The first-order chi connectivity index (χ1) is 13.2. The van der Waals surface area contributed by atoms with E-state index in [0.29, 0.717) is 0 Å². The molecule has 1 aliphatic heterocycles. The van der Waals surface area contributed by atoms with E-state index in [4.69, 9.17) is 0 Å². The van der Waals surface area contributed by atoms with Gasteiger partial charge in [0.1, 0.15) is 0 Å². The van der Waals surface area contributed by atoms with E-state index in [1.165, 1.54) is 36.2 Å². The van der Waals surface area contributed by atoms with Crippen molar-refractivity contribution in [3.05, 3.63) is 62.6 Å². The van der Waals surface area contributed by atoms with E-state index in [1.807, 2.05) is 0 Å². The Hall–Kier alpha value is -1.98. The highest BCUT2D eigenvalue weighted by atomic mass is 16.1. The molecule has 0 spiro atoms. The van der Waals surface area contributed by atoms with Crippen molar-refractivity contribution in [2.24, 2.45) is 0 Å². The van der Waals surface area contributed by atoms with Crippen molar-refractivity contribution in [1.82, 2.24) is 20.0 Å². The van der Waals surface area contributed by atoms with Gasteiger partial charge in [-0.1, -0.05) is 24.3 Å². The van der Waals surface area contributed by atoms with Crippen molar-refractivity contribution >= 4 is 0 Å². The first-order valence-electron chi connectivity index (χ1n) is 10.3. The van der Waals surface area contributed by atoms with E-state index in [0.717, 1.165) is 63.0 Å². The molecule has 0 atom stereocenters. The molecule has 0 saturated carbocycles. The zero-order chi connectivity index (χ0) is 18.6. The Morgan fingerprint density at radius 1 is 1.00 bits per heavy atom. The van der Waals surface area contributed by atoms with Crippen molar-refractivity contribution in [3.63, 3.8) is 0 Å². The van der Waals surface area contributed by atoms with Crippen LogP contribution in [0.2, 0.25) is 0 Å². The molecule has 2 aromatic rings. The molecule has 1 aromatic carbocycles. The summed E-state index contributed by atoms with van der Waals surface area (Å²) >= 11 is 0. The molecule has 1 fully saturated rings. The fourth-order valence-electron chi connectivity index (χ4n) is 4.42. The minimum atomic E-state index is 0.00772. The largest absolute Gasteiger partial charge is 0.305 e. The molecular formula is C22H30N4O. The van der Waals surface area contributed by atoms with Crippen LogP contribution < -0.4 is 5.56 Å². The Bertz CT molecular complexity index is 844. The Balaban J connectivity index is 1.49. The summed E-state index contributed by atoms with van der Waals surface area (Å²) in [5.41, 5.74) is 5.88. The molecular weight excluding hydrogens is 336 g/mol. The van der Waals surface area contributed by atoms with E-state index in [1.54, 1.807) is 0 Å². The summed E-state index contributed by atoms with van der Waals surface area (Å²) in [6, 6.07) is 8.89. The van der Waals surface area contributed by atoms with Crippen LogP contribution in [0.3, 0.4) is 0 Å². The Kier molecular flexibility index (Phi) is 5.69. The average Bonchev–Trinajstić information content (AvgIpc) is 2.89. The lowest BCUT2D eigenvalue weighted by Gasteiger charge is -2.21. The Morgan fingerprint density at radius 3 is 2.70 bits per heavy atom. The highest BCUT2D eigenvalue weighted by Crippen LogP contribution is 2.22. The third kappa shape index (κ3) is 4.47. The number of hydrogen-bond acceptors (Lipinski definition) is 4. The summed E-state index contributed by atoms with van der Waals surface area (Å²) in [7, 11) is 2.21. The molecule has 1 aromatic heterocycles. The first kappa shape index (κ1) is 18.4. The predicted molar refractivity (Wildman–Crippen MR) is 108 cm³/mol. The van der Waals surface area contributed by atoms with Gasteiger partial charge in [-0.3, -0.25) is 9.69 Å². The number of fused-ring (bicyclic) bond motifs is 1. The lowest BCUT2D eigenvalue weighted by Crippen LogP contribution is -2.28. The van der Waals surface area contributed by atoms with Crippen LogP contribution in [0.5, 0.6) is 0 Å². The van der Waals surface area contributed by atoms with Gasteiger partial charge in [0.05, 0.1) is 5.69 Å². The van der Waals surface area contributed by atoms with Crippen LogP contribution in [0.1, 0.15) is 47.2 Å². The van der Waals surface area contributed by atoms with Crippen molar-refractivity contribution in [2.75, 3.05) is 33.2 Å². The molecule has 0 unspecified atom stereocenters. The maximum atomic E-state index is 12.1. The summed E-state index contributed by atoms with van der Waals surface area (Å²) < 4.78 is 0. The third-order valence-electron chi connectivity index (χ3n) is 5.96. The zero-order valence-corrected chi connectivity index (χ0v) is 16.3. The van der Waals surface area contributed by atoms with Crippen molar-refractivity contribution in [1.29, 1.82) is 0 Å². The highest BCUT2D eigenvalue weighted by Gasteiger charge is 2.18. The van der Waals surface area contributed by atoms with E-state index in [2.05, 4.69) is 51.3 Å². The van der Waals surface area contributed by atoms with Gasteiger partial charge in [0, 0.05) is 31.6 Å². The molecule has 27 heavy (non-hydrogen) atoms. The van der Waals surface area contributed by atoms with Crippen molar-refractivity contribution in [2.45, 2.75) is 45.1 Å². The summed E-state index contributed by atoms with van der Waals surface area (Å²) in [5, 5.41) is 7.12. The molecule has 1 N–H and O–H groups in total. The molecule has 2 aliphatic rings. The standard InChI is InChI=1S/C22H30N4O/c1-25-10-5-11-26(13-12-25)16-18-7-4-6-17(14-18)15-21-19-8-2-3-9-20(19)22(27)24-23-21/h4,6-7,14H,2-3,5,8-13,15-16H2,1H3,(H,24,27). The summed E-state index contributed by atoms with van der Waals surface area (Å²) in [6.45, 7) is 5.66. The fourth-order valence-corrected chi connectivity index (χ4v) is 4.42. The summed E-state index contributed by atoms with van der Waals surface area (Å²) in [6.07, 6.45) is 6.19. The Labute approximate surface area is 161 Å².